The highest BCUT2D eigenvalue weighted by Crippen LogP contribution is 2.39. The second kappa shape index (κ2) is 4.70. The Morgan fingerprint density at radius 1 is 1.26 bits per heavy atom. The van der Waals surface area contributed by atoms with Crippen molar-refractivity contribution >= 4 is 5.97 Å². The average molecular weight is 274 g/mol. The number of fused-ring (bicyclic) bond motifs is 1. The SMILES string of the molecule is CC1(C)O[C@H]2[C@H](OC(=O)C(C)(C)C)O[C@H](CO)[C@H]2O1. The number of esters is 1. The minimum Gasteiger partial charge on any atom is -0.432 e. The molecule has 0 aromatic rings. The molecule has 0 spiro atoms. The molecule has 110 valence electrons. The Hall–Kier alpha value is -0.690. The van der Waals surface area contributed by atoms with E-state index in [0.29, 0.717) is 0 Å². The third kappa shape index (κ3) is 2.91. The van der Waals surface area contributed by atoms with Gasteiger partial charge in [0, 0.05) is 0 Å². The molecule has 2 heterocycles. The Kier molecular flexibility index (Phi) is 3.64. The van der Waals surface area contributed by atoms with Crippen molar-refractivity contribution in [3.05, 3.63) is 0 Å². The molecule has 2 aliphatic rings. The van der Waals surface area contributed by atoms with Crippen molar-refractivity contribution in [3.63, 3.8) is 0 Å². The molecule has 0 aromatic heterocycles. The molecule has 0 unspecified atom stereocenters. The van der Waals surface area contributed by atoms with E-state index in [0.717, 1.165) is 0 Å². The monoisotopic (exact) mass is 274 g/mol. The quantitative estimate of drug-likeness (QED) is 0.751. The van der Waals surface area contributed by atoms with Gasteiger partial charge in [0.2, 0.25) is 6.29 Å². The molecular formula is C13H22O6. The lowest BCUT2D eigenvalue weighted by Crippen LogP contribution is -2.36. The summed E-state index contributed by atoms with van der Waals surface area (Å²) in [5.41, 5.74) is -0.620. The van der Waals surface area contributed by atoms with Gasteiger partial charge in [-0.05, 0) is 34.6 Å². The minimum atomic E-state index is -0.837. The van der Waals surface area contributed by atoms with E-state index < -0.39 is 35.8 Å². The molecule has 0 aliphatic carbocycles. The zero-order chi connectivity index (χ0) is 14.4. The predicted octanol–water partition coefficient (Wildman–Crippen LogP) is 0.813. The fourth-order valence-corrected chi connectivity index (χ4v) is 2.17. The molecule has 19 heavy (non-hydrogen) atoms. The van der Waals surface area contributed by atoms with E-state index in [1.165, 1.54) is 0 Å². The molecule has 0 saturated carbocycles. The van der Waals surface area contributed by atoms with Gasteiger partial charge in [0.05, 0.1) is 12.0 Å². The van der Waals surface area contributed by atoms with Crippen LogP contribution in [0.4, 0.5) is 0 Å². The molecule has 6 nitrogen and oxygen atoms in total. The highest BCUT2D eigenvalue weighted by atomic mass is 16.8. The largest absolute Gasteiger partial charge is 0.432 e. The second-order valence-corrected chi connectivity index (χ2v) is 6.45. The van der Waals surface area contributed by atoms with Gasteiger partial charge in [-0.2, -0.15) is 0 Å². The summed E-state index contributed by atoms with van der Waals surface area (Å²) in [5, 5.41) is 9.29. The van der Waals surface area contributed by atoms with Gasteiger partial charge in [-0.25, -0.2) is 0 Å². The molecule has 0 radical (unpaired) electrons. The molecular weight excluding hydrogens is 252 g/mol. The zero-order valence-corrected chi connectivity index (χ0v) is 12.0. The van der Waals surface area contributed by atoms with E-state index in [1.807, 2.05) is 0 Å². The summed E-state index contributed by atoms with van der Waals surface area (Å²) in [6.45, 7) is 8.65. The topological polar surface area (TPSA) is 74.2 Å². The first kappa shape index (κ1) is 14.7. The number of aliphatic hydroxyl groups excluding tert-OH is 1. The summed E-state index contributed by atoms with van der Waals surface area (Å²) in [5.74, 6) is -1.14. The smallest absolute Gasteiger partial charge is 0.313 e. The fraction of sp³-hybridized carbons (Fsp3) is 0.923. The maximum Gasteiger partial charge on any atom is 0.313 e. The second-order valence-electron chi connectivity index (χ2n) is 6.45. The summed E-state index contributed by atoms with van der Waals surface area (Å²) >= 11 is 0. The van der Waals surface area contributed by atoms with Gasteiger partial charge < -0.3 is 24.1 Å². The number of carbonyl (C=O) groups is 1. The Morgan fingerprint density at radius 3 is 2.37 bits per heavy atom. The van der Waals surface area contributed by atoms with Crippen molar-refractivity contribution in [1.29, 1.82) is 0 Å². The summed E-state index contributed by atoms with van der Waals surface area (Å²) in [6.07, 6.45) is -2.29. The van der Waals surface area contributed by atoms with Crippen molar-refractivity contribution in [2.24, 2.45) is 5.41 Å². The summed E-state index contributed by atoms with van der Waals surface area (Å²) in [4.78, 5) is 11.9. The predicted molar refractivity (Wildman–Crippen MR) is 65.1 cm³/mol. The van der Waals surface area contributed by atoms with Gasteiger partial charge >= 0.3 is 5.97 Å². The molecule has 2 aliphatic heterocycles. The standard InChI is InChI=1S/C13H22O6/c1-12(2,3)11(15)17-10-9-8(7(6-14)16-10)18-13(4,5)19-9/h7-10,14H,6H2,1-5H3/t7-,8-,9-,10+/m1/s1. The molecule has 1 N–H and O–H groups in total. The average Bonchev–Trinajstić information content (AvgIpc) is 2.72. The molecule has 2 saturated heterocycles. The summed E-state index contributed by atoms with van der Waals surface area (Å²) in [6, 6.07) is 0. The Labute approximate surface area is 113 Å². The number of aliphatic hydroxyl groups is 1. The number of hydrogen-bond donors (Lipinski definition) is 1. The van der Waals surface area contributed by atoms with E-state index in [9.17, 15) is 9.90 Å². The van der Waals surface area contributed by atoms with Gasteiger partial charge in [0.1, 0.15) is 12.2 Å². The number of carbonyl (C=O) groups excluding carboxylic acids is 1. The van der Waals surface area contributed by atoms with Crippen LogP contribution in [0.2, 0.25) is 0 Å². The van der Waals surface area contributed by atoms with Gasteiger partial charge in [-0.15, -0.1) is 0 Å². The van der Waals surface area contributed by atoms with Crippen molar-refractivity contribution in [3.8, 4) is 0 Å². The van der Waals surface area contributed by atoms with Crippen molar-refractivity contribution < 1.29 is 28.8 Å². The van der Waals surface area contributed by atoms with E-state index >= 15 is 0 Å². The van der Waals surface area contributed by atoms with Gasteiger partial charge in [0.15, 0.2) is 11.9 Å². The molecule has 2 rings (SSSR count). The van der Waals surface area contributed by atoms with E-state index in [2.05, 4.69) is 0 Å². The van der Waals surface area contributed by atoms with Crippen LogP contribution in [0.25, 0.3) is 0 Å². The third-order valence-corrected chi connectivity index (χ3v) is 3.12. The first-order valence-corrected chi connectivity index (χ1v) is 6.47. The van der Waals surface area contributed by atoms with Crippen molar-refractivity contribution in [1.82, 2.24) is 0 Å². The summed E-state index contributed by atoms with van der Waals surface area (Å²) in [7, 11) is 0. The molecule has 4 atom stereocenters. The molecule has 2 fully saturated rings. The maximum atomic E-state index is 11.9. The van der Waals surface area contributed by atoms with Crippen molar-refractivity contribution in [2.75, 3.05) is 6.61 Å². The highest BCUT2D eigenvalue weighted by molar-refractivity contribution is 5.75. The van der Waals surface area contributed by atoms with Crippen LogP contribution in [0.3, 0.4) is 0 Å². The van der Waals surface area contributed by atoms with Crippen LogP contribution in [0, 0.1) is 5.41 Å². The molecule has 0 amide bonds. The Morgan fingerprint density at radius 2 is 1.84 bits per heavy atom. The minimum absolute atomic E-state index is 0.204. The van der Waals surface area contributed by atoms with Gasteiger partial charge in [0.25, 0.3) is 0 Å². The van der Waals surface area contributed by atoms with Gasteiger partial charge in [-0.3, -0.25) is 4.79 Å². The van der Waals surface area contributed by atoms with Crippen LogP contribution < -0.4 is 0 Å². The highest BCUT2D eigenvalue weighted by Gasteiger charge is 2.56. The van der Waals surface area contributed by atoms with Crippen LogP contribution in [-0.4, -0.2) is 48.1 Å². The van der Waals surface area contributed by atoms with Gasteiger partial charge in [-0.1, -0.05) is 0 Å². The maximum absolute atomic E-state index is 11.9. The number of rotatable bonds is 2. The fourth-order valence-electron chi connectivity index (χ4n) is 2.17. The number of hydrogen-bond acceptors (Lipinski definition) is 6. The van der Waals surface area contributed by atoms with Crippen LogP contribution >= 0.6 is 0 Å². The summed E-state index contributed by atoms with van der Waals surface area (Å²) < 4.78 is 22.2. The van der Waals surface area contributed by atoms with Crippen LogP contribution in [0.15, 0.2) is 0 Å². The van der Waals surface area contributed by atoms with Crippen LogP contribution in [-0.2, 0) is 23.7 Å². The van der Waals surface area contributed by atoms with Crippen LogP contribution in [0.5, 0.6) is 0 Å². The van der Waals surface area contributed by atoms with E-state index in [1.54, 1.807) is 34.6 Å². The lowest BCUT2D eigenvalue weighted by Gasteiger charge is -2.25. The zero-order valence-electron chi connectivity index (χ0n) is 12.0. The van der Waals surface area contributed by atoms with E-state index in [4.69, 9.17) is 18.9 Å². The van der Waals surface area contributed by atoms with E-state index in [-0.39, 0.29) is 12.6 Å². The Balaban J connectivity index is 2.08. The lowest BCUT2D eigenvalue weighted by molar-refractivity contribution is -0.237. The van der Waals surface area contributed by atoms with Crippen molar-refractivity contribution in [2.45, 2.75) is 65.0 Å². The molecule has 0 bridgehead atoms. The molecule has 6 heteroatoms. The normalized spacial score (nSPS) is 37.2. The first-order chi connectivity index (χ1) is 8.64. The Bertz CT molecular complexity index is 359. The van der Waals surface area contributed by atoms with Crippen LogP contribution in [0.1, 0.15) is 34.6 Å². The number of ether oxygens (including phenoxy) is 4. The lowest BCUT2D eigenvalue weighted by atomic mass is 9.97. The first-order valence-electron chi connectivity index (χ1n) is 6.47. The third-order valence-electron chi connectivity index (χ3n) is 3.12. The molecule has 0 aromatic carbocycles.